The van der Waals surface area contributed by atoms with Gasteiger partial charge in [0.1, 0.15) is 0 Å². The summed E-state index contributed by atoms with van der Waals surface area (Å²) < 4.78 is 59.7. The summed E-state index contributed by atoms with van der Waals surface area (Å²) >= 11 is 0. The zero-order valence-corrected chi connectivity index (χ0v) is 10.6. The molecule has 0 aromatic rings. The fourth-order valence-electron chi connectivity index (χ4n) is 2.43. The average molecular weight is 273 g/mol. The number of rotatable bonds is 5. The van der Waals surface area contributed by atoms with Crippen LogP contribution >= 0.6 is 0 Å². The van der Waals surface area contributed by atoms with Gasteiger partial charge in [0.15, 0.2) is 0 Å². The van der Waals surface area contributed by atoms with Gasteiger partial charge in [-0.2, -0.15) is 13.2 Å². The third-order valence-electron chi connectivity index (χ3n) is 3.32. The molecule has 1 aliphatic carbocycles. The molecule has 7 heteroatoms. The number of sulfonamides is 1. The van der Waals surface area contributed by atoms with E-state index in [9.17, 15) is 21.6 Å². The van der Waals surface area contributed by atoms with Gasteiger partial charge < -0.3 is 0 Å². The third kappa shape index (κ3) is 3.84. The molecular formula is C10H18F3NO2S. The number of halogens is 3. The van der Waals surface area contributed by atoms with Crippen LogP contribution in [0.15, 0.2) is 0 Å². The second kappa shape index (κ2) is 5.56. The van der Waals surface area contributed by atoms with Gasteiger partial charge in [0.2, 0.25) is 0 Å². The molecule has 17 heavy (non-hydrogen) atoms. The summed E-state index contributed by atoms with van der Waals surface area (Å²) in [5.74, 6) is 0.406. The Bertz CT molecular complexity index is 340. The van der Waals surface area contributed by atoms with Crippen LogP contribution in [0.1, 0.15) is 39.0 Å². The first-order valence-corrected chi connectivity index (χ1v) is 7.32. The van der Waals surface area contributed by atoms with Gasteiger partial charge in [-0.25, -0.2) is 13.1 Å². The minimum Gasteiger partial charge on any atom is -0.207 e. The topological polar surface area (TPSA) is 46.2 Å². The smallest absolute Gasteiger partial charge is 0.207 e. The van der Waals surface area contributed by atoms with Gasteiger partial charge in [0, 0.05) is 6.54 Å². The molecule has 2 atom stereocenters. The van der Waals surface area contributed by atoms with Gasteiger partial charge in [0.05, 0.1) is 0 Å². The molecule has 0 heterocycles. The van der Waals surface area contributed by atoms with Crippen LogP contribution in [-0.4, -0.2) is 20.5 Å². The van der Waals surface area contributed by atoms with E-state index in [1.54, 1.807) is 4.72 Å². The maximum atomic E-state index is 12.1. The van der Waals surface area contributed by atoms with Gasteiger partial charge >= 0.3 is 15.5 Å². The molecule has 102 valence electrons. The van der Waals surface area contributed by atoms with E-state index in [4.69, 9.17) is 0 Å². The van der Waals surface area contributed by atoms with Crippen LogP contribution in [0.25, 0.3) is 0 Å². The first-order chi connectivity index (χ1) is 7.78. The molecular weight excluding hydrogens is 255 g/mol. The fourth-order valence-corrected chi connectivity index (χ4v) is 3.03. The summed E-state index contributed by atoms with van der Waals surface area (Å²) in [6.45, 7) is 1.93. The fraction of sp³-hybridized carbons (Fsp3) is 1.00. The Kier molecular flexibility index (Phi) is 4.83. The van der Waals surface area contributed by atoms with Crippen LogP contribution in [0.4, 0.5) is 13.2 Å². The molecule has 0 spiro atoms. The molecule has 3 nitrogen and oxygen atoms in total. The van der Waals surface area contributed by atoms with Crippen molar-refractivity contribution >= 4 is 10.0 Å². The molecule has 1 saturated carbocycles. The zero-order valence-electron chi connectivity index (χ0n) is 9.76. The summed E-state index contributed by atoms with van der Waals surface area (Å²) in [5.41, 5.74) is -5.20. The van der Waals surface area contributed by atoms with E-state index in [-0.39, 0.29) is 12.5 Å². The van der Waals surface area contributed by atoms with Crippen molar-refractivity contribution in [3.05, 3.63) is 0 Å². The van der Waals surface area contributed by atoms with Crippen LogP contribution in [0.2, 0.25) is 0 Å². The van der Waals surface area contributed by atoms with Crippen molar-refractivity contribution in [3.63, 3.8) is 0 Å². The van der Waals surface area contributed by atoms with Crippen LogP contribution < -0.4 is 4.72 Å². The summed E-state index contributed by atoms with van der Waals surface area (Å²) in [6.07, 6.45) is 4.71. The first kappa shape index (κ1) is 14.8. The maximum absolute atomic E-state index is 12.1. The van der Waals surface area contributed by atoms with E-state index in [0.717, 1.165) is 32.1 Å². The Morgan fingerprint density at radius 1 is 1.24 bits per heavy atom. The van der Waals surface area contributed by atoms with Gasteiger partial charge in [-0.1, -0.05) is 32.6 Å². The highest BCUT2D eigenvalue weighted by Gasteiger charge is 2.46. The van der Waals surface area contributed by atoms with E-state index in [2.05, 4.69) is 0 Å². The maximum Gasteiger partial charge on any atom is 0.511 e. The highest BCUT2D eigenvalue weighted by molar-refractivity contribution is 7.90. The van der Waals surface area contributed by atoms with Crippen molar-refractivity contribution in [3.8, 4) is 0 Å². The van der Waals surface area contributed by atoms with Crippen LogP contribution in [0, 0.1) is 11.8 Å². The standard InChI is InChI=1S/C10H18F3NO2S/c1-2-4-8-5-3-6-9(8)7-14-17(15,16)10(11,12)13/h8-9,14H,2-7H2,1H3. The minimum absolute atomic E-state index is 0.0482. The Morgan fingerprint density at radius 3 is 2.35 bits per heavy atom. The van der Waals surface area contributed by atoms with Crippen molar-refractivity contribution in [2.75, 3.05) is 6.54 Å². The summed E-state index contributed by atoms with van der Waals surface area (Å²) in [4.78, 5) is 0. The molecule has 1 aliphatic rings. The Hall–Kier alpha value is -0.300. The average Bonchev–Trinajstić information content (AvgIpc) is 2.61. The van der Waals surface area contributed by atoms with Gasteiger partial charge in [-0.15, -0.1) is 0 Å². The number of hydrogen-bond donors (Lipinski definition) is 1. The molecule has 2 unspecified atom stereocenters. The molecule has 0 aromatic carbocycles. The zero-order chi connectivity index (χ0) is 13.1. The highest BCUT2D eigenvalue weighted by atomic mass is 32.2. The van der Waals surface area contributed by atoms with Crippen molar-refractivity contribution in [1.29, 1.82) is 0 Å². The molecule has 0 bridgehead atoms. The van der Waals surface area contributed by atoms with E-state index in [1.165, 1.54) is 0 Å². The highest BCUT2D eigenvalue weighted by Crippen LogP contribution is 2.34. The molecule has 0 radical (unpaired) electrons. The van der Waals surface area contributed by atoms with Gasteiger partial charge in [0.25, 0.3) is 0 Å². The Balaban J connectivity index is 2.51. The normalized spacial score (nSPS) is 26.4. The SMILES string of the molecule is CCCC1CCCC1CNS(=O)(=O)C(F)(F)F. The van der Waals surface area contributed by atoms with E-state index >= 15 is 0 Å². The molecule has 1 rings (SSSR count). The van der Waals surface area contributed by atoms with Crippen molar-refractivity contribution in [1.82, 2.24) is 4.72 Å². The summed E-state index contributed by atoms with van der Waals surface area (Å²) in [6, 6.07) is 0. The quantitative estimate of drug-likeness (QED) is 0.837. The third-order valence-corrected chi connectivity index (χ3v) is 4.47. The minimum atomic E-state index is -5.20. The predicted octanol–water partition coefficient (Wildman–Crippen LogP) is 2.64. The molecule has 0 amide bonds. The molecule has 0 saturated heterocycles. The van der Waals surface area contributed by atoms with Crippen molar-refractivity contribution in [2.45, 2.75) is 44.5 Å². The van der Waals surface area contributed by atoms with Gasteiger partial charge in [-0.3, -0.25) is 0 Å². The van der Waals surface area contributed by atoms with Gasteiger partial charge in [-0.05, 0) is 18.3 Å². The molecule has 1 fully saturated rings. The Morgan fingerprint density at radius 2 is 1.82 bits per heavy atom. The van der Waals surface area contributed by atoms with Crippen molar-refractivity contribution in [2.24, 2.45) is 11.8 Å². The Labute approximate surface area is 99.8 Å². The van der Waals surface area contributed by atoms with Crippen LogP contribution in [0.5, 0.6) is 0 Å². The lowest BCUT2D eigenvalue weighted by atomic mass is 9.92. The van der Waals surface area contributed by atoms with E-state index in [0.29, 0.717) is 5.92 Å². The number of nitrogens with one attached hydrogen (secondary N) is 1. The second-order valence-corrected chi connectivity index (χ2v) is 6.30. The number of hydrogen-bond acceptors (Lipinski definition) is 2. The molecule has 0 aromatic heterocycles. The van der Waals surface area contributed by atoms with Crippen LogP contribution in [0.3, 0.4) is 0 Å². The lowest BCUT2D eigenvalue weighted by Crippen LogP contribution is -2.39. The lowest BCUT2D eigenvalue weighted by Gasteiger charge is -2.19. The summed E-state index contributed by atoms with van der Waals surface area (Å²) in [5, 5.41) is 0. The predicted molar refractivity (Wildman–Crippen MR) is 58.7 cm³/mol. The van der Waals surface area contributed by atoms with Crippen LogP contribution in [-0.2, 0) is 10.0 Å². The summed E-state index contributed by atoms with van der Waals surface area (Å²) in [7, 11) is -5.17. The molecule has 0 aliphatic heterocycles. The molecule has 1 N–H and O–H groups in total. The monoisotopic (exact) mass is 273 g/mol. The first-order valence-electron chi connectivity index (χ1n) is 5.84. The number of alkyl halides is 3. The largest absolute Gasteiger partial charge is 0.511 e. The van der Waals surface area contributed by atoms with Crippen molar-refractivity contribution < 1.29 is 21.6 Å². The van der Waals surface area contributed by atoms with E-state index < -0.39 is 15.5 Å². The lowest BCUT2D eigenvalue weighted by molar-refractivity contribution is -0.0448. The second-order valence-electron chi connectivity index (χ2n) is 4.54. The van der Waals surface area contributed by atoms with E-state index in [1.807, 2.05) is 6.92 Å².